The maximum atomic E-state index is 11.3. The van der Waals surface area contributed by atoms with Crippen LogP contribution in [0.1, 0.15) is 5.82 Å². The van der Waals surface area contributed by atoms with E-state index in [-0.39, 0.29) is 17.0 Å². The number of tetrazole rings is 1. The number of anilines is 1. The van der Waals surface area contributed by atoms with E-state index in [4.69, 9.17) is 5.26 Å². The van der Waals surface area contributed by atoms with Crippen molar-refractivity contribution < 1.29 is 0 Å². The van der Waals surface area contributed by atoms with Gasteiger partial charge < -0.3 is 10.3 Å². The van der Waals surface area contributed by atoms with E-state index in [1.807, 2.05) is 24.3 Å². The number of pyridine rings is 1. The van der Waals surface area contributed by atoms with Crippen LogP contribution in [0, 0.1) is 11.3 Å². The second-order valence-corrected chi connectivity index (χ2v) is 4.19. The zero-order valence-electron chi connectivity index (χ0n) is 10.7. The minimum Gasteiger partial charge on any atom is -0.360 e. The number of hydrogen-bond donors (Lipinski definition) is 3. The zero-order valence-corrected chi connectivity index (χ0v) is 10.7. The standard InChI is InChI=1S/C13H9N7O/c14-5-10(13-17-19-20-18-13)7-15-11-2-1-8-6-16-12(21)4-9(8)3-11/h1-4,6-7,15H,(H,16,21)(H,17,18,19,20). The predicted octanol–water partition coefficient (Wildman–Crippen LogP) is 1.02. The molecule has 0 fully saturated rings. The van der Waals surface area contributed by atoms with E-state index in [1.54, 1.807) is 6.20 Å². The van der Waals surface area contributed by atoms with Gasteiger partial charge in [0.2, 0.25) is 11.4 Å². The van der Waals surface area contributed by atoms with Gasteiger partial charge in [-0.1, -0.05) is 6.07 Å². The molecule has 102 valence electrons. The normalized spacial score (nSPS) is 11.3. The molecule has 0 aliphatic rings. The number of aromatic nitrogens is 5. The zero-order chi connectivity index (χ0) is 14.7. The van der Waals surface area contributed by atoms with Crippen molar-refractivity contribution in [2.75, 3.05) is 5.32 Å². The second-order valence-electron chi connectivity index (χ2n) is 4.19. The van der Waals surface area contributed by atoms with Crippen LogP contribution in [0.5, 0.6) is 0 Å². The minimum absolute atomic E-state index is 0.167. The number of hydrogen-bond acceptors (Lipinski definition) is 6. The third-order valence-electron chi connectivity index (χ3n) is 2.83. The van der Waals surface area contributed by atoms with Crippen molar-refractivity contribution in [1.82, 2.24) is 25.6 Å². The lowest BCUT2D eigenvalue weighted by Gasteiger charge is -2.03. The second kappa shape index (κ2) is 5.26. The monoisotopic (exact) mass is 279 g/mol. The summed E-state index contributed by atoms with van der Waals surface area (Å²) >= 11 is 0. The van der Waals surface area contributed by atoms with Gasteiger partial charge in [-0.15, -0.1) is 10.2 Å². The van der Waals surface area contributed by atoms with Crippen LogP contribution in [0.2, 0.25) is 0 Å². The van der Waals surface area contributed by atoms with Gasteiger partial charge in [0.15, 0.2) is 0 Å². The Morgan fingerprint density at radius 1 is 1.33 bits per heavy atom. The summed E-state index contributed by atoms with van der Waals surface area (Å²) in [5.74, 6) is 0.210. The molecule has 2 heterocycles. The first kappa shape index (κ1) is 12.6. The van der Waals surface area contributed by atoms with Crippen LogP contribution < -0.4 is 10.9 Å². The van der Waals surface area contributed by atoms with E-state index < -0.39 is 0 Å². The Labute approximate surface area is 118 Å². The number of rotatable bonds is 3. The largest absolute Gasteiger partial charge is 0.360 e. The Hall–Kier alpha value is -3.47. The first-order valence-electron chi connectivity index (χ1n) is 5.99. The van der Waals surface area contributed by atoms with E-state index in [0.717, 1.165) is 16.5 Å². The van der Waals surface area contributed by atoms with Gasteiger partial charge >= 0.3 is 0 Å². The van der Waals surface area contributed by atoms with E-state index in [0.29, 0.717) is 0 Å². The van der Waals surface area contributed by atoms with Crippen LogP contribution >= 0.6 is 0 Å². The van der Waals surface area contributed by atoms with E-state index in [1.165, 1.54) is 12.3 Å². The molecule has 0 radical (unpaired) electrons. The Morgan fingerprint density at radius 3 is 3.00 bits per heavy atom. The molecule has 2 aromatic heterocycles. The number of nitrogens with zero attached hydrogens (tertiary/aromatic N) is 4. The third kappa shape index (κ3) is 2.62. The summed E-state index contributed by atoms with van der Waals surface area (Å²) in [7, 11) is 0. The first-order chi connectivity index (χ1) is 10.3. The third-order valence-corrected chi connectivity index (χ3v) is 2.83. The van der Waals surface area contributed by atoms with Crippen LogP contribution in [0.15, 0.2) is 41.5 Å². The Bertz CT molecular complexity index is 902. The fourth-order valence-corrected chi connectivity index (χ4v) is 1.83. The molecular weight excluding hydrogens is 270 g/mol. The van der Waals surface area contributed by atoms with E-state index in [9.17, 15) is 4.79 Å². The van der Waals surface area contributed by atoms with Crippen molar-refractivity contribution in [3.05, 3.63) is 52.8 Å². The molecule has 0 saturated carbocycles. The topological polar surface area (TPSA) is 123 Å². The minimum atomic E-state index is -0.167. The average Bonchev–Trinajstić information content (AvgIpc) is 3.01. The van der Waals surface area contributed by atoms with Crippen molar-refractivity contribution in [2.45, 2.75) is 0 Å². The molecule has 0 spiro atoms. The maximum absolute atomic E-state index is 11.3. The van der Waals surface area contributed by atoms with Gasteiger partial charge in [-0.3, -0.25) is 4.79 Å². The molecule has 8 nitrogen and oxygen atoms in total. The van der Waals surface area contributed by atoms with Gasteiger partial charge in [-0.2, -0.15) is 10.5 Å². The number of aromatic amines is 2. The predicted molar refractivity (Wildman–Crippen MR) is 76.0 cm³/mol. The fraction of sp³-hybridized carbons (Fsp3) is 0. The van der Waals surface area contributed by atoms with Crippen molar-refractivity contribution >= 4 is 22.0 Å². The van der Waals surface area contributed by atoms with Gasteiger partial charge in [-0.25, -0.2) is 0 Å². The molecule has 21 heavy (non-hydrogen) atoms. The summed E-state index contributed by atoms with van der Waals surface area (Å²) in [5.41, 5.74) is 0.818. The number of fused-ring (bicyclic) bond motifs is 1. The lowest BCUT2D eigenvalue weighted by molar-refractivity contribution is 0.881. The van der Waals surface area contributed by atoms with Crippen molar-refractivity contribution in [2.24, 2.45) is 0 Å². The molecule has 1 aromatic carbocycles. The molecule has 0 atom stereocenters. The van der Waals surface area contributed by atoms with Crippen LogP contribution in [0.3, 0.4) is 0 Å². The molecule has 8 heteroatoms. The van der Waals surface area contributed by atoms with Crippen molar-refractivity contribution in [1.29, 1.82) is 5.26 Å². The van der Waals surface area contributed by atoms with Gasteiger partial charge in [0.1, 0.15) is 11.6 Å². The SMILES string of the molecule is N#CC(=CNc1ccc2c[nH]c(=O)cc2c1)c1nn[nH]n1. The quantitative estimate of drug-likeness (QED) is 0.615. The molecule has 0 unspecified atom stereocenters. The Morgan fingerprint density at radius 2 is 2.24 bits per heavy atom. The summed E-state index contributed by atoms with van der Waals surface area (Å²) < 4.78 is 0. The molecule has 3 N–H and O–H groups in total. The van der Waals surface area contributed by atoms with E-state index in [2.05, 4.69) is 30.9 Å². The molecule has 3 aromatic rings. The van der Waals surface area contributed by atoms with Crippen LogP contribution in [0.25, 0.3) is 16.3 Å². The van der Waals surface area contributed by atoms with Crippen LogP contribution in [-0.4, -0.2) is 25.6 Å². The summed E-state index contributed by atoms with van der Waals surface area (Å²) in [6, 6.07) is 9.00. The number of allylic oxidation sites excluding steroid dienone is 1. The summed E-state index contributed by atoms with van der Waals surface area (Å²) in [4.78, 5) is 13.9. The van der Waals surface area contributed by atoms with Crippen LogP contribution in [0.4, 0.5) is 5.69 Å². The lowest BCUT2D eigenvalue weighted by atomic mass is 10.1. The molecule has 3 rings (SSSR count). The summed E-state index contributed by atoms with van der Waals surface area (Å²) in [5, 5.41) is 26.9. The fourth-order valence-electron chi connectivity index (χ4n) is 1.83. The Balaban J connectivity index is 1.91. The number of H-pyrrole nitrogens is 2. The highest BCUT2D eigenvalue weighted by Crippen LogP contribution is 2.17. The molecular formula is C13H9N7O. The Kier molecular flexibility index (Phi) is 3.15. The summed E-state index contributed by atoms with van der Waals surface area (Å²) in [6.45, 7) is 0. The molecule has 0 bridgehead atoms. The number of nitriles is 1. The average molecular weight is 279 g/mol. The van der Waals surface area contributed by atoms with Crippen molar-refractivity contribution in [3.63, 3.8) is 0 Å². The number of nitrogens with one attached hydrogen (secondary N) is 3. The van der Waals surface area contributed by atoms with Gasteiger partial charge in [0.25, 0.3) is 0 Å². The van der Waals surface area contributed by atoms with Gasteiger partial charge in [0.05, 0.1) is 0 Å². The van der Waals surface area contributed by atoms with Gasteiger partial charge in [-0.05, 0) is 28.1 Å². The number of benzene rings is 1. The smallest absolute Gasteiger partial charge is 0.248 e. The van der Waals surface area contributed by atoms with Gasteiger partial charge in [0, 0.05) is 24.2 Å². The molecule has 0 aliphatic carbocycles. The first-order valence-corrected chi connectivity index (χ1v) is 5.99. The molecule has 0 saturated heterocycles. The molecule has 0 aliphatic heterocycles. The highest BCUT2D eigenvalue weighted by atomic mass is 16.1. The lowest BCUT2D eigenvalue weighted by Crippen LogP contribution is -2.01. The molecule has 0 amide bonds. The van der Waals surface area contributed by atoms with E-state index >= 15 is 0 Å². The van der Waals surface area contributed by atoms with Crippen molar-refractivity contribution in [3.8, 4) is 6.07 Å². The van der Waals surface area contributed by atoms with Crippen LogP contribution in [-0.2, 0) is 0 Å². The summed E-state index contributed by atoms with van der Waals surface area (Å²) in [6.07, 6.45) is 3.14. The maximum Gasteiger partial charge on any atom is 0.248 e. The highest BCUT2D eigenvalue weighted by molar-refractivity contribution is 5.85. The highest BCUT2D eigenvalue weighted by Gasteiger charge is 2.05.